The molecule has 4 nitrogen and oxygen atoms in total. The van der Waals surface area contributed by atoms with E-state index in [1.54, 1.807) is 29.2 Å². The Kier molecular flexibility index (Phi) is 5.50. The Balaban J connectivity index is 1.87. The Morgan fingerprint density at radius 3 is 2.19 bits per heavy atom. The fourth-order valence-electron chi connectivity index (χ4n) is 4.23. The molecule has 7 heteroatoms. The quantitative estimate of drug-likeness (QED) is 0.520. The van der Waals surface area contributed by atoms with Crippen LogP contribution in [0, 0.1) is 0 Å². The normalized spacial score (nSPS) is 17.9. The van der Waals surface area contributed by atoms with Crippen LogP contribution >= 0.6 is 0 Å². The van der Waals surface area contributed by atoms with Crippen LogP contribution in [-0.2, 0) is 32.5 Å². The Hall–Kier alpha value is -3.61. The number of benzene rings is 3. The SMILES string of the molecule is COC(=O)C[C@@]1(c2ccc(C(F)(F)F)cc2)C(=O)N(Cc2ccccc2)c2ccccc21. The Labute approximate surface area is 183 Å². The van der Waals surface area contributed by atoms with Crippen LogP contribution in [0.15, 0.2) is 78.9 Å². The first kappa shape index (κ1) is 21.6. The minimum atomic E-state index is -4.51. The summed E-state index contributed by atoms with van der Waals surface area (Å²) in [6.45, 7) is 0.264. The van der Waals surface area contributed by atoms with Gasteiger partial charge in [-0.3, -0.25) is 9.59 Å². The number of amides is 1. The summed E-state index contributed by atoms with van der Waals surface area (Å²) in [6, 6.07) is 20.8. The fourth-order valence-corrected chi connectivity index (χ4v) is 4.23. The summed E-state index contributed by atoms with van der Waals surface area (Å²) >= 11 is 0. The van der Waals surface area contributed by atoms with E-state index >= 15 is 0 Å². The second kappa shape index (κ2) is 8.15. The molecular weight excluding hydrogens is 419 g/mol. The molecule has 1 aliphatic heterocycles. The van der Waals surface area contributed by atoms with E-state index in [1.165, 1.54) is 19.2 Å². The number of hydrogen-bond acceptors (Lipinski definition) is 3. The first-order valence-electron chi connectivity index (χ1n) is 9.97. The molecule has 3 aromatic carbocycles. The average Bonchev–Trinajstić information content (AvgIpc) is 3.03. The molecular formula is C25H20F3NO3. The van der Waals surface area contributed by atoms with Gasteiger partial charge in [0, 0.05) is 5.69 Å². The smallest absolute Gasteiger partial charge is 0.416 e. The zero-order chi connectivity index (χ0) is 22.9. The summed E-state index contributed by atoms with van der Waals surface area (Å²) < 4.78 is 44.2. The van der Waals surface area contributed by atoms with Crippen molar-refractivity contribution >= 4 is 17.6 Å². The molecule has 0 aromatic heterocycles. The van der Waals surface area contributed by atoms with E-state index in [-0.39, 0.29) is 18.9 Å². The molecule has 0 bridgehead atoms. The van der Waals surface area contributed by atoms with Gasteiger partial charge in [0.15, 0.2) is 0 Å². The number of methoxy groups -OCH3 is 1. The van der Waals surface area contributed by atoms with Gasteiger partial charge in [-0.2, -0.15) is 13.2 Å². The van der Waals surface area contributed by atoms with E-state index in [2.05, 4.69) is 0 Å². The van der Waals surface area contributed by atoms with Crippen molar-refractivity contribution in [1.29, 1.82) is 0 Å². The van der Waals surface area contributed by atoms with Gasteiger partial charge in [-0.05, 0) is 34.9 Å². The molecule has 1 atom stereocenters. The molecule has 0 saturated heterocycles. The lowest BCUT2D eigenvalue weighted by atomic mass is 9.72. The summed E-state index contributed by atoms with van der Waals surface area (Å²) in [5, 5.41) is 0. The van der Waals surface area contributed by atoms with E-state index in [9.17, 15) is 22.8 Å². The highest BCUT2D eigenvalue weighted by atomic mass is 19.4. The van der Waals surface area contributed by atoms with E-state index in [0.29, 0.717) is 16.8 Å². The standard InChI is InChI=1S/C25H20F3NO3/c1-32-22(30)15-24(18-11-13-19(14-12-18)25(26,27)28)20-9-5-6-10-21(20)29(23(24)31)16-17-7-3-2-4-8-17/h2-14H,15-16H2,1H3/t24-/m0/s1. The predicted molar refractivity (Wildman–Crippen MR) is 113 cm³/mol. The Morgan fingerprint density at radius 2 is 1.56 bits per heavy atom. The minimum Gasteiger partial charge on any atom is -0.469 e. The highest BCUT2D eigenvalue weighted by Crippen LogP contribution is 2.49. The van der Waals surface area contributed by atoms with Gasteiger partial charge in [-0.15, -0.1) is 0 Å². The Morgan fingerprint density at radius 1 is 0.938 bits per heavy atom. The first-order valence-corrected chi connectivity index (χ1v) is 9.97. The molecule has 1 aliphatic rings. The maximum atomic E-state index is 13.9. The monoisotopic (exact) mass is 439 g/mol. The topological polar surface area (TPSA) is 46.6 Å². The maximum Gasteiger partial charge on any atom is 0.416 e. The van der Waals surface area contributed by atoms with Crippen LogP contribution in [0.5, 0.6) is 0 Å². The fraction of sp³-hybridized carbons (Fsp3) is 0.200. The molecule has 1 amide bonds. The second-order valence-corrected chi connectivity index (χ2v) is 7.63. The van der Waals surface area contributed by atoms with Crippen LogP contribution in [-0.4, -0.2) is 19.0 Å². The van der Waals surface area contributed by atoms with Crippen LogP contribution in [0.25, 0.3) is 0 Å². The Bertz CT molecular complexity index is 1140. The van der Waals surface area contributed by atoms with E-state index in [4.69, 9.17) is 4.74 Å². The highest BCUT2D eigenvalue weighted by molar-refractivity contribution is 6.12. The summed E-state index contributed by atoms with van der Waals surface area (Å²) in [5.41, 5.74) is 0.0641. The number of ether oxygens (including phenoxy) is 1. The van der Waals surface area contributed by atoms with Crippen molar-refractivity contribution in [3.63, 3.8) is 0 Å². The second-order valence-electron chi connectivity index (χ2n) is 7.63. The number of para-hydroxylation sites is 1. The summed E-state index contributed by atoms with van der Waals surface area (Å²) in [6.07, 6.45) is -4.83. The molecule has 0 radical (unpaired) electrons. The summed E-state index contributed by atoms with van der Waals surface area (Å²) in [7, 11) is 1.22. The summed E-state index contributed by atoms with van der Waals surface area (Å²) in [4.78, 5) is 27.9. The highest BCUT2D eigenvalue weighted by Gasteiger charge is 2.53. The number of carbonyl (C=O) groups excluding carboxylic acids is 2. The van der Waals surface area contributed by atoms with Crippen molar-refractivity contribution in [2.75, 3.05) is 12.0 Å². The number of halogens is 3. The van der Waals surface area contributed by atoms with Gasteiger partial charge in [-0.25, -0.2) is 0 Å². The van der Waals surface area contributed by atoms with E-state index < -0.39 is 23.1 Å². The van der Waals surface area contributed by atoms with E-state index in [1.807, 2.05) is 30.3 Å². The number of rotatable bonds is 5. The van der Waals surface area contributed by atoms with Crippen LogP contribution in [0.2, 0.25) is 0 Å². The zero-order valence-electron chi connectivity index (χ0n) is 17.2. The number of fused-ring (bicyclic) bond motifs is 1. The average molecular weight is 439 g/mol. The van der Waals surface area contributed by atoms with E-state index in [0.717, 1.165) is 17.7 Å². The third kappa shape index (κ3) is 3.64. The third-order valence-electron chi connectivity index (χ3n) is 5.79. The molecule has 0 spiro atoms. The number of nitrogens with zero attached hydrogens (tertiary/aromatic N) is 1. The molecule has 3 aromatic rings. The lowest BCUT2D eigenvalue weighted by Gasteiger charge is -2.29. The van der Waals surface area contributed by atoms with Gasteiger partial charge in [-0.1, -0.05) is 60.7 Å². The van der Waals surface area contributed by atoms with Gasteiger partial charge in [0.2, 0.25) is 5.91 Å². The van der Waals surface area contributed by atoms with Gasteiger partial charge < -0.3 is 9.64 Å². The van der Waals surface area contributed by atoms with Crippen molar-refractivity contribution in [3.05, 3.63) is 101 Å². The lowest BCUT2D eigenvalue weighted by Crippen LogP contribution is -2.42. The van der Waals surface area contributed by atoms with Crippen molar-refractivity contribution < 1.29 is 27.5 Å². The first-order chi connectivity index (χ1) is 15.3. The number of anilines is 1. The predicted octanol–water partition coefficient (Wildman–Crippen LogP) is 5.10. The molecule has 0 aliphatic carbocycles. The van der Waals surface area contributed by atoms with Crippen LogP contribution in [0.4, 0.5) is 18.9 Å². The van der Waals surface area contributed by atoms with Crippen LogP contribution in [0.3, 0.4) is 0 Å². The van der Waals surface area contributed by atoms with Crippen molar-refractivity contribution in [3.8, 4) is 0 Å². The van der Waals surface area contributed by atoms with Crippen molar-refractivity contribution in [2.45, 2.75) is 24.6 Å². The van der Waals surface area contributed by atoms with Crippen molar-refractivity contribution in [1.82, 2.24) is 0 Å². The van der Waals surface area contributed by atoms with Gasteiger partial charge in [0.05, 0.1) is 25.6 Å². The maximum absolute atomic E-state index is 13.9. The third-order valence-corrected chi connectivity index (χ3v) is 5.79. The number of hydrogen-bond donors (Lipinski definition) is 0. The molecule has 164 valence electrons. The van der Waals surface area contributed by atoms with Crippen molar-refractivity contribution in [2.24, 2.45) is 0 Å². The zero-order valence-corrected chi connectivity index (χ0v) is 17.2. The molecule has 4 rings (SSSR count). The molecule has 0 saturated carbocycles. The van der Waals surface area contributed by atoms with Crippen LogP contribution in [0.1, 0.15) is 28.7 Å². The summed E-state index contributed by atoms with van der Waals surface area (Å²) in [5.74, 6) is -1.01. The molecule has 32 heavy (non-hydrogen) atoms. The minimum absolute atomic E-state index is 0.264. The molecule has 0 N–H and O–H groups in total. The van der Waals surface area contributed by atoms with Crippen LogP contribution < -0.4 is 4.90 Å². The number of esters is 1. The van der Waals surface area contributed by atoms with Gasteiger partial charge in [0.1, 0.15) is 5.41 Å². The number of alkyl halides is 3. The van der Waals surface area contributed by atoms with Gasteiger partial charge >= 0.3 is 12.1 Å². The lowest BCUT2D eigenvalue weighted by molar-refractivity contribution is -0.143. The largest absolute Gasteiger partial charge is 0.469 e. The molecule has 0 unspecified atom stereocenters. The number of carbonyl (C=O) groups is 2. The van der Waals surface area contributed by atoms with Gasteiger partial charge in [0.25, 0.3) is 0 Å². The molecule has 0 fully saturated rings. The molecule has 1 heterocycles.